The number of methoxy groups -OCH3 is 1. The first-order valence-electron chi connectivity index (χ1n) is 9.63. The van der Waals surface area contributed by atoms with Crippen molar-refractivity contribution >= 4 is 23.2 Å². The predicted molar refractivity (Wildman–Crippen MR) is 114 cm³/mol. The Bertz CT molecular complexity index is 1350. The second kappa shape index (κ2) is 8.39. The molecule has 4 rings (SSSR count). The lowest BCUT2D eigenvalue weighted by Gasteiger charge is -2.14. The van der Waals surface area contributed by atoms with E-state index in [1.54, 1.807) is 48.3 Å². The second-order valence-corrected chi connectivity index (χ2v) is 7.67. The van der Waals surface area contributed by atoms with Gasteiger partial charge >= 0.3 is 6.18 Å². The van der Waals surface area contributed by atoms with E-state index in [1.807, 2.05) is 0 Å². The van der Waals surface area contributed by atoms with Gasteiger partial charge in [0.2, 0.25) is 0 Å². The average Bonchev–Trinajstić information content (AvgIpc) is 3.34. The third-order valence-electron chi connectivity index (χ3n) is 4.91. The number of benzene rings is 1. The molecule has 0 unspecified atom stereocenters. The molecule has 0 saturated carbocycles. The van der Waals surface area contributed by atoms with Crippen LogP contribution in [0.2, 0.25) is 5.02 Å². The highest BCUT2D eigenvalue weighted by atomic mass is 35.5. The molecule has 1 amide bonds. The van der Waals surface area contributed by atoms with Crippen molar-refractivity contribution in [1.29, 1.82) is 0 Å². The summed E-state index contributed by atoms with van der Waals surface area (Å²) in [4.78, 5) is 18.5. The SMILES string of the molecule is COc1cccc(-c2cc(C(F)(F)F)n3nc(C(=O)N(C)Cc4ccn(C)n4)c(Cl)c3n2)c1. The predicted octanol–water partition coefficient (Wildman–Crippen LogP) is 4.08. The number of hydrogen-bond acceptors (Lipinski definition) is 5. The molecule has 0 atom stereocenters. The van der Waals surface area contributed by atoms with Gasteiger partial charge in [-0.2, -0.15) is 23.4 Å². The lowest BCUT2D eigenvalue weighted by molar-refractivity contribution is -0.142. The Morgan fingerprint density at radius 2 is 1.97 bits per heavy atom. The molecule has 0 bridgehead atoms. The molecule has 0 N–H and O–H groups in total. The molecule has 4 aromatic rings. The number of aryl methyl sites for hydroxylation is 1. The number of hydrogen-bond donors (Lipinski definition) is 0. The van der Waals surface area contributed by atoms with Gasteiger partial charge in [0.1, 0.15) is 10.8 Å². The minimum absolute atomic E-state index is 0.0105. The zero-order valence-corrected chi connectivity index (χ0v) is 18.5. The van der Waals surface area contributed by atoms with Gasteiger partial charge in [0.05, 0.1) is 25.0 Å². The molecule has 0 fully saturated rings. The van der Waals surface area contributed by atoms with Crippen LogP contribution in [0.1, 0.15) is 21.9 Å². The van der Waals surface area contributed by atoms with Gasteiger partial charge in [0, 0.05) is 25.9 Å². The van der Waals surface area contributed by atoms with Crippen LogP contribution in [0.3, 0.4) is 0 Å². The monoisotopic (exact) mass is 478 g/mol. The molecule has 3 aromatic heterocycles. The van der Waals surface area contributed by atoms with Crippen molar-refractivity contribution in [2.75, 3.05) is 14.2 Å². The van der Waals surface area contributed by atoms with E-state index in [0.717, 1.165) is 6.07 Å². The highest BCUT2D eigenvalue weighted by molar-refractivity contribution is 6.36. The van der Waals surface area contributed by atoms with Crippen molar-refractivity contribution in [2.24, 2.45) is 7.05 Å². The van der Waals surface area contributed by atoms with E-state index in [4.69, 9.17) is 16.3 Å². The van der Waals surface area contributed by atoms with Crippen molar-refractivity contribution in [1.82, 2.24) is 29.3 Å². The van der Waals surface area contributed by atoms with Crippen LogP contribution < -0.4 is 4.74 Å². The first-order valence-corrected chi connectivity index (χ1v) is 10.0. The Morgan fingerprint density at radius 3 is 2.61 bits per heavy atom. The summed E-state index contributed by atoms with van der Waals surface area (Å²) in [6.07, 6.45) is -3.06. The Morgan fingerprint density at radius 1 is 1.21 bits per heavy atom. The number of carbonyl (C=O) groups excluding carboxylic acids is 1. The van der Waals surface area contributed by atoms with E-state index < -0.39 is 17.8 Å². The Kier molecular flexibility index (Phi) is 5.75. The minimum Gasteiger partial charge on any atom is -0.497 e. The fraction of sp³-hybridized carbons (Fsp3) is 0.238. The topological polar surface area (TPSA) is 77.5 Å². The van der Waals surface area contributed by atoms with Gasteiger partial charge < -0.3 is 9.64 Å². The van der Waals surface area contributed by atoms with E-state index >= 15 is 0 Å². The molecule has 8 nitrogen and oxygen atoms in total. The molecule has 0 aliphatic carbocycles. The van der Waals surface area contributed by atoms with Crippen molar-refractivity contribution in [3.05, 3.63) is 64.7 Å². The van der Waals surface area contributed by atoms with E-state index in [2.05, 4.69) is 15.2 Å². The normalized spacial score (nSPS) is 11.7. The van der Waals surface area contributed by atoms with E-state index in [0.29, 0.717) is 21.5 Å². The molecule has 0 aliphatic heterocycles. The van der Waals surface area contributed by atoms with Crippen LogP contribution in [0.4, 0.5) is 13.2 Å². The van der Waals surface area contributed by atoms with Crippen LogP contribution in [0.15, 0.2) is 42.6 Å². The van der Waals surface area contributed by atoms with Gasteiger partial charge in [-0.15, -0.1) is 0 Å². The van der Waals surface area contributed by atoms with Crippen molar-refractivity contribution in [2.45, 2.75) is 12.7 Å². The number of carbonyl (C=O) groups is 1. The van der Waals surface area contributed by atoms with Crippen LogP contribution in [-0.4, -0.2) is 49.3 Å². The number of alkyl halides is 3. The lowest BCUT2D eigenvalue weighted by atomic mass is 10.1. The van der Waals surface area contributed by atoms with E-state index in [-0.39, 0.29) is 28.6 Å². The van der Waals surface area contributed by atoms with Crippen LogP contribution in [0, 0.1) is 0 Å². The molecule has 172 valence electrons. The summed E-state index contributed by atoms with van der Waals surface area (Å²) in [6, 6.07) is 9.02. The summed E-state index contributed by atoms with van der Waals surface area (Å²) in [5.41, 5.74) is -0.729. The van der Waals surface area contributed by atoms with Crippen molar-refractivity contribution in [3.8, 4) is 17.0 Å². The zero-order chi connectivity index (χ0) is 23.9. The molecule has 12 heteroatoms. The second-order valence-electron chi connectivity index (χ2n) is 7.30. The summed E-state index contributed by atoms with van der Waals surface area (Å²) in [7, 11) is 4.66. The van der Waals surface area contributed by atoms with E-state index in [1.165, 1.54) is 19.1 Å². The van der Waals surface area contributed by atoms with Gasteiger partial charge in [0.15, 0.2) is 17.0 Å². The molecule has 0 radical (unpaired) electrons. The average molecular weight is 479 g/mol. The molecule has 1 aromatic carbocycles. The van der Waals surface area contributed by atoms with Gasteiger partial charge in [-0.1, -0.05) is 23.7 Å². The summed E-state index contributed by atoms with van der Waals surface area (Å²) in [5.74, 6) is -0.207. The minimum atomic E-state index is -4.77. The number of nitrogens with zero attached hydrogens (tertiary/aromatic N) is 6. The van der Waals surface area contributed by atoms with Crippen LogP contribution in [-0.2, 0) is 19.8 Å². The van der Waals surface area contributed by atoms with Crippen molar-refractivity contribution < 1.29 is 22.7 Å². The molecule has 33 heavy (non-hydrogen) atoms. The largest absolute Gasteiger partial charge is 0.497 e. The third-order valence-corrected chi connectivity index (χ3v) is 5.25. The number of amides is 1. The van der Waals surface area contributed by atoms with Crippen LogP contribution in [0.5, 0.6) is 5.75 Å². The maximum atomic E-state index is 13.9. The summed E-state index contributed by atoms with van der Waals surface area (Å²) in [6.45, 7) is 0.124. The summed E-state index contributed by atoms with van der Waals surface area (Å²) >= 11 is 6.34. The smallest absolute Gasteiger partial charge is 0.433 e. The molecular weight excluding hydrogens is 461 g/mol. The zero-order valence-electron chi connectivity index (χ0n) is 17.8. The van der Waals surface area contributed by atoms with Gasteiger partial charge in [0.25, 0.3) is 5.91 Å². The van der Waals surface area contributed by atoms with Gasteiger partial charge in [-0.25, -0.2) is 9.50 Å². The fourth-order valence-corrected chi connectivity index (χ4v) is 3.54. The van der Waals surface area contributed by atoms with Crippen LogP contribution in [0.25, 0.3) is 16.9 Å². The number of aromatic nitrogens is 5. The number of ether oxygens (including phenoxy) is 1. The summed E-state index contributed by atoms with van der Waals surface area (Å²) in [5, 5.41) is 7.79. The van der Waals surface area contributed by atoms with E-state index in [9.17, 15) is 18.0 Å². The number of rotatable bonds is 5. The Labute approximate surface area is 191 Å². The Hall–Kier alpha value is -3.60. The third kappa shape index (κ3) is 4.36. The maximum Gasteiger partial charge on any atom is 0.433 e. The van der Waals surface area contributed by atoms with Gasteiger partial charge in [-0.05, 0) is 24.3 Å². The fourth-order valence-electron chi connectivity index (χ4n) is 3.30. The quantitative estimate of drug-likeness (QED) is 0.432. The molecule has 0 aliphatic rings. The lowest BCUT2D eigenvalue weighted by Crippen LogP contribution is -2.27. The number of fused-ring (bicyclic) bond motifs is 1. The first kappa shape index (κ1) is 22.6. The molecular formula is C21H18ClF3N6O2. The van der Waals surface area contributed by atoms with Crippen molar-refractivity contribution in [3.63, 3.8) is 0 Å². The highest BCUT2D eigenvalue weighted by Gasteiger charge is 2.37. The Balaban J connectivity index is 1.81. The molecule has 0 spiro atoms. The highest BCUT2D eigenvalue weighted by Crippen LogP contribution is 2.35. The number of halogens is 4. The van der Waals surface area contributed by atoms with Gasteiger partial charge in [-0.3, -0.25) is 9.48 Å². The molecule has 0 saturated heterocycles. The summed E-state index contributed by atoms with van der Waals surface area (Å²) < 4.78 is 48.9. The first-order chi connectivity index (χ1) is 15.6. The molecule has 3 heterocycles. The van der Waals surface area contributed by atoms with Crippen LogP contribution >= 0.6 is 11.6 Å². The standard InChI is InChI=1S/C21H18ClF3N6O2/c1-29(11-13-7-8-30(2)27-13)20(32)18-17(22)19-26-15(12-5-4-6-14(9-12)33-3)10-16(21(23,24)25)31(19)28-18/h4-10H,11H2,1-3H3. The maximum absolute atomic E-state index is 13.9.